The van der Waals surface area contributed by atoms with E-state index in [-0.39, 0.29) is 0 Å². The van der Waals surface area contributed by atoms with Crippen molar-refractivity contribution in [1.82, 2.24) is 5.32 Å². The van der Waals surface area contributed by atoms with Crippen LogP contribution in [0.2, 0.25) is 0 Å². The van der Waals surface area contributed by atoms with Crippen LogP contribution in [-0.2, 0) is 10.8 Å². The molecule has 3 heteroatoms. The van der Waals surface area contributed by atoms with E-state index in [1.165, 1.54) is 19.3 Å². The summed E-state index contributed by atoms with van der Waals surface area (Å²) in [4.78, 5) is 0. The van der Waals surface area contributed by atoms with Gasteiger partial charge in [-0.2, -0.15) is 0 Å². The Balaban J connectivity index is 2.05. The molecule has 0 radical (unpaired) electrons. The van der Waals surface area contributed by atoms with Crippen molar-refractivity contribution in [3.8, 4) is 0 Å². The minimum Gasteiger partial charge on any atom is -0.313 e. The van der Waals surface area contributed by atoms with Crippen molar-refractivity contribution >= 4 is 10.8 Å². The number of hydrogen-bond donors (Lipinski definition) is 1. The van der Waals surface area contributed by atoms with Gasteiger partial charge in [0.25, 0.3) is 0 Å². The van der Waals surface area contributed by atoms with Gasteiger partial charge in [0.15, 0.2) is 0 Å². The van der Waals surface area contributed by atoms with Crippen LogP contribution in [-0.4, -0.2) is 28.3 Å². The van der Waals surface area contributed by atoms with Crippen LogP contribution in [0.4, 0.5) is 0 Å². The Morgan fingerprint density at radius 1 is 1.46 bits per heavy atom. The Morgan fingerprint density at radius 2 is 2.15 bits per heavy atom. The number of rotatable bonds is 7. The van der Waals surface area contributed by atoms with Gasteiger partial charge in [0.05, 0.1) is 0 Å². The summed E-state index contributed by atoms with van der Waals surface area (Å²) in [6.45, 7) is 5.14. The maximum Gasteiger partial charge on any atom is 0.0360 e. The lowest BCUT2D eigenvalue weighted by Crippen LogP contribution is -2.33. The van der Waals surface area contributed by atoms with Crippen molar-refractivity contribution in [2.75, 3.05) is 18.1 Å². The highest BCUT2D eigenvalue weighted by Crippen LogP contribution is 2.33. The van der Waals surface area contributed by atoms with E-state index in [1.807, 2.05) is 6.92 Å². The topological polar surface area (TPSA) is 29.1 Å². The standard InChI is InChI=1S/C10H21NOS/c1-3-10(9-5-6-9)11-7-8-13(12)4-2/h9-11H,3-8H2,1-2H3. The summed E-state index contributed by atoms with van der Waals surface area (Å²) in [5, 5.41) is 3.50. The predicted molar refractivity (Wildman–Crippen MR) is 58.4 cm³/mol. The molecule has 0 aromatic rings. The number of hydrogen-bond acceptors (Lipinski definition) is 2. The summed E-state index contributed by atoms with van der Waals surface area (Å²) >= 11 is 0. The van der Waals surface area contributed by atoms with E-state index in [9.17, 15) is 4.21 Å². The molecule has 0 saturated heterocycles. The molecule has 0 aromatic carbocycles. The Kier molecular flexibility index (Phi) is 4.96. The van der Waals surface area contributed by atoms with Gasteiger partial charge in [-0.15, -0.1) is 0 Å². The molecule has 1 aliphatic rings. The SMILES string of the molecule is CCC(NCCS(=O)CC)C1CC1. The van der Waals surface area contributed by atoms with Crippen LogP contribution in [0.1, 0.15) is 33.1 Å². The first-order valence-electron chi connectivity index (χ1n) is 5.36. The van der Waals surface area contributed by atoms with E-state index in [0.29, 0.717) is 6.04 Å². The summed E-state index contributed by atoms with van der Waals surface area (Å²) in [6.07, 6.45) is 3.99. The molecule has 2 atom stereocenters. The van der Waals surface area contributed by atoms with E-state index in [1.54, 1.807) is 0 Å². The molecule has 1 fully saturated rings. The maximum absolute atomic E-state index is 11.1. The summed E-state index contributed by atoms with van der Waals surface area (Å²) in [7, 11) is -0.601. The third-order valence-electron chi connectivity index (χ3n) is 2.69. The van der Waals surface area contributed by atoms with E-state index >= 15 is 0 Å². The molecule has 1 rings (SSSR count). The lowest BCUT2D eigenvalue weighted by Gasteiger charge is -2.15. The second kappa shape index (κ2) is 5.76. The minimum absolute atomic E-state index is 0.601. The zero-order valence-corrected chi connectivity index (χ0v) is 9.53. The fourth-order valence-corrected chi connectivity index (χ4v) is 2.28. The average Bonchev–Trinajstić information content (AvgIpc) is 2.95. The summed E-state index contributed by atoms with van der Waals surface area (Å²) < 4.78 is 11.1. The third kappa shape index (κ3) is 4.23. The van der Waals surface area contributed by atoms with Crippen LogP contribution in [0.5, 0.6) is 0 Å². The van der Waals surface area contributed by atoms with Gasteiger partial charge in [-0.25, -0.2) is 0 Å². The molecule has 78 valence electrons. The molecule has 0 amide bonds. The van der Waals surface area contributed by atoms with Crippen LogP contribution in [0.25, 0.3) is 0 Å². The second-order valence-corrected chi connectivity index (χ2v) is 5.60. The lowest BCUT2D eigenvalue weighted by atomic mass is 10.1. The molecular formula is C10H21NOS. The van der Waals surface area contributed by atoms with Gasteiger partial charge in [0.1, 0.15) is 0 Å². The first-order valence-corrected chi connectivity index (χ1v) is 6.85. The molecule has 1 aliphatic carbocycles. The highest BCUT2D eigenvalue weighted by molar-refractivity contribution is 7.84. The van der Waals surface area contributed by atoms with Crippen LogP contribution in [0, 0.1) is 5.92 Å². The smallest absolute Gasteiger partial charge is 0.0360 e. The normalized spacial score (nSPS) is 21.4. The Morgan fingerprint density at radius 3 is 2.62 bits per heavy atom. The molecule has 0 spiro atoms. The first kappa shape index (κ1) is 11.2. The molecule has 2 unspecified atom stereocenters. The van der Waals surface area contributed by atoms with Crippen LogP contribution < -0.4 is 5.32 Å². The summed E-state index contributed by atoms with van der Waals surface area (Å²) in [5.74, 6) is 2.53. The average molecular weight is 203 g/mol. The van der Waals surface area contributed by atoms with Gasteiger partial charge in [-0.05, 0) is 25.2 Å². The first-order chi connectivity index (χ1) is 6.27. The highest BCUT2D eigenvalue weighted by atomic mass is 32.2. The van der Waals surface area contributed by atoms with Crippen molar-refractivity contribution in [1.29, 1.82) is 0 Å². The van der Waals surface area contributed by atoms with Crippen LogP contribution in [0.3, 0.4) is 0 Å². The second-order valence-electron chi connectivity index (χ2n) is 3.74. The van der Waals surface area contributed by atoms with Gasteiger partial charge in [-0.3, -0.25) is 4.21 Å². The van der Waals surface area contributed by atoms with Crippen molar-refractivity contribution in [3.63, 3.8) is 0 Å². The van der Waals surface area contributed by atoms with Crippen molar-refractivity contribution < 1.29 is 4.21 Å². The van der Waals surface area contributed by atoms with Crippen molar-refractivity contribution in [2.24, 2.45) is 5.92 Å². The van der Waals surface area contributed by atoms with Gasteiger partial charge in [0.2, 0.25) is 0 Å². The predicted octanol–water partition coefficient (Wildman–Crippen LogP) is 1.53. The fourth-order valence-electron chi connectivity index (χ4n) is 1.65. The van der Waals surface area contributed by atoms with Gasteiger partial charge < -0.3 is 5.32 Å². The molecule has 2 nitrogen and oxygen atoms in total. The molecule has 1 N–H and O–H groups in total. The zero-order valence-electron chi connectivity index (χ0n) is 8.71. The quantitative estimate of drug-likeness (QED) is 0.680. The highest BCUT2D eigenvalue weighted by Gasteiger charge is 2.29. The summed E-state index contributed by atoms with van der Waals surface area (Å²) in [5.41, 5.74) is 0. The maximum atomic E-state index is 11.1. The Labute approximate surface area is 83.9 Å². The summed E-state index contributed by atoms with van der Waals surface area (Å²) in [6, 6.07) is 0.689. The molecule has 0 bridgehead atoms. The molecule has 0 heterocycles. The molecule has 0 aromatic heterocycles. The van der Waals surface area contributed by atoms with Gasteiger partial charge in [0, 0.05) is 34.9 Å². The monoisotopic (exact) mass is 203 g/mol. The van der Waals surface area contributed by atoms with E-state index in [2.05, 4.69) is 12.2 Å². The number of nitrogens with one attached hydrogen (secondary N) is 1. The van der Waals surface area contributed by atoms with E-state index < -0.39 is 10.8 Å². The zero-order chi connectivity index (χ0) is 9.68. The van der Waals surface area contributed by atoms with Crippen molar-refractivity contribution in [2.45, 2.75) is 39.2 Å². The minimum atomic E-state index is -0.601. The third-order valence-corrected chi connectivity index (χ3v) is 3.99. The van der Waals surface area contributed by atoms with Crippen LogP contribution in [0.15, 0.2) is 0 Å². The van der Waals surface area contributed by atoms with E-state index in [0.717, 1.165) is 24.0 Å². The molecular weight excluding hydrogens is 182 g/mol. The lowest BCUT2D eigenvalue weighted by molar-refractivity contribution is 0.463. The molecule has 1 saturated carbocycles. The van der Waals surface area contributed by atoms with Crippen molar-refractivity contribution in [3.05, 3.63) is 0 Å². The van der Waals surface area contributed by atoms with Gasteiger partial charge in [-0.1, -0.05) is 13.8 Å². The molecule has 13 heavy (non-hydrogen) atoms. The Hall–Kier alpha value is 0.110. The molecule has 0 aliphatic heterocycles. The van der Waals surface area contributed by atoms with Gasteiger partial charge >= 0.3 is 0 Å². The largest absolute Gasteiger partial charge is 0.313 e. The van der Waals surface area contributed by atoms with Crippen LogP contribution >= 0.6 is 0 Å². The Bertz CT molecular complexity index is 168. The fraction of sp³-hybridized carbons (Fsp3) is 1.00. The van der Waals surface area contributed by atoms with E-state index in [4.69, 9.17) is 0 Å².